The van der Waals surface area contributed by atoms with Gasteiger partial charge in [0.15, 0.2) is 5.82 Å². The van der Waals surface area contributed by atoms with Gasteiger partial charge in [0.2, 0.25) is 5.91 Å². The van der Waals surface area contributed by atoms with E-state index in [1.54, 1.807) is 24.8 Å². The van der Waals surface area contributed by atoms with Crippen LogP contribution in [-0.4, -0.2) is 39.2 Å². The van der Waals surface area contributed by atoms with Gasteiger partial charge in [-0.15, -0.1) is 10.2 Å². The van der Waals surface area contributed by atoms with Crippen LogP contribution in [0.15, 0.2) is 61.2 Å². The monoisotopic (exact) mass is 374 g/mol. The summed E-state index contributed by atoms with van der Waals surface area (Å²) in [4.78, 5) is 22.8. The summed E-state index contributed by atoms with van der Waals surface area (Å²) in [6.45, 7) is 2.12. The van der Waals surface area contributed by atoms with E-state index in [1.165, 1.54) is 0 Å². The highest BCUT2D eigenvalue weighted by molar-refractivity contribution is 5.79. The third-order valence-corrected chi connectivity index (χ3v) is 4.99. The quantitative estimate of drug-likeness (QED) is 0.739. The van der Waals surface area contributed by atoms with Crippen LogP contribution in [0.2, 0.25) is 0 Å². The fourth-order valence-corrected chi connectivity index (χ4v) is 3.37. The Morgan fingerprint density at radius 3 is 2.43 bits per heavy atom. The van der Waals surface area contributed by atoms with Gasteiger partial charge in [-0.05, 0) is 48.7 Å². The van der Waals surface area contributed by atoms with E-state index in [0.29, 0.717) is 6.54 Å². The van der Waals surface area contributed by atoms with E-state index in [9.17, 15) is 4.79 Å². The highest BCUT2D eigenvalue weighted by atomic mass is 16.1. The van der Waals surface area contributed by atoms with Crippen LogP contribution in [0, 0.1) is 5.92 Å². The van der Waals surface area contributed by atoms with E-state index in [2.05, 4.69) is 30.4 Å². The van der Waals surface area contributed by atoms with Crippen LogP contribution in [0.4, 0.5) is 5.82 Å². The van der Waals surface area contributed by atoms with E-state index < -0.39 is 0 Å². The Labute approximate surface area is 163 Å². The first-order valence-corrected chi connectivity index (χ1v) is 9.45. The molecular weight excluding hydrogens is 352 g/mol. The van der Waals surface area contributed by atoms with Gasteiger partial charge in [-0.2, -0.15) is 0 Å². The van der Waals surface area contributed by atoms with Crippen molar-refractivity contribution in [2.75, 3.05) is 18.0 Å². The number of carbonyl (C=O) groups excluding carboxylic acids is 1. The maximum atomic E-state index is 12.4. The van der Waals surface area contributed by atoms with E-state index >= 15 is 0 Å². The molecule has 7 nitrogen and oxygen atoms in total. The molecule has 1 saturated heterocycles. The molecule has 1 amide bonds. The summed E-state index contributed by atoms with van der Waals surface area (Å²) >= 11 is 0. The normalized spacial score (nSPS) is 14.6. The molecule has 1 aliphatic heterocycles. The minimum Gasteiger partial charge on any atom is -0.355 e. The predicted molar refractivity (Wildman–Crippen MR) is 106 cm³/mol. The second kappa shape index (κ2) is 8.56. The lowest BCUT2D eigenvalue weighted by molar-refractivity contribution is -0.125. The summed E-state index contributed by atoms with van der Waals surface area (Å²) in [6, 6.07) is 11.6. The predicted octanol–water partition coefficient (Wildman–Crippen LogP) is 2.47. The lowest BCUT2D eigenvalue weighted by Crippen LogP contribution is -2.40. The Morgan fingerprint density at radius 1 is 1.00 bits per heavy atom. The van der Waals surface area contributed by atoms with Crippen molar-refractivity contribution >= 4 is 11.7 Å². The number of nitrogens with zero attached hydrogens (tertiary/aromatic N) is 5. The Morgan fingerprint density at radius 2 is 1.79 bits per heavy atom. The topological polar surface area (TPSA) is 83.9 Å². The molecule has 4 rings (SSSR count). The van der Waals surface area contributed by atoms with Crippen LogP contribution in [-0.2, 0) is 11.3 Å². The number of carbonyl (C=O) groups is 1. The van der Waals surface area contributed by atoms with Gasteiger partial charge in [0.05, 0.1) is 5.69 Å². The molecule has 0 saturated carbocycles. The number of aromatic nitrogens is 4. The Balaban J connectivity index is 1.29. The standard InChI is InChI=1S/C21H22N6O/c28-21(24-14-16-3-1-9-22-13-16)17-7-11-27(12-8-17)20-6-5-19(25-26-20)18-4-2-10-23-15-18/h1-6,9-10,13,15,17H,7-8,11-12,14H2,(H,24,28). The Kier molecular flexibility index (Phi) is 5.51. The largest absolute Gasteiger partial charge is 0.355 e. The molecule has 1 N–H and O–H groups in total. The van der Waals surface area contributed by atoms with Crippen LogP contribution >= 0.6 is 0 Å². The number of anilines is 1. The Hall–Kier alpha value is -3.35. The van der Waals surface area contributed by atoms with Gasteiger partial charge in [0.1, 0.15) is 0 Å². The van der Waals surface area contributed by atoms with Gasteiger partial charge in [-0.1, -0.05) is 6.07 Å². The van der Waals surface area contributed by atoms with Crippen molar-refractivity contribution in [3.05, 3.63) is 66.7 Å². The molecule has 0 bridgehead atoms. The third kappa shape index (κ3) is 4.31. The van der Waals surface area contributed by atoms with Crippen LogP contribution < -0.4 is 10.2 Å². The van der Waals surface area contributed by atoms with Crippen molar-refractivity contribution in [1.82, 2.24) is 25.5 Å². The number of piperidine rings is 1. The molecule has 28 heavy (non-hydrogen) atoms. The number of nitrogens with one attached hydrogen (secondary N) is 1. The second-order valence-electron chi connectivity index (χ2n) is 6.86. The van der Waals surface area contributed by atoms with Crippen molar-refractivity contribution in [3.8, 4) is 11.3 Å². The minimum atomic E-state index is 0.0375. The number of hydrogen-bond acceptors (Lipinski definition) is 6. The highest BCUT2D eigenvalue weighted by Crippen LogP contribution is 2.23. The highest BCUT2D eigenvalue weighted by Gasteiger charge is 2.25. The molecule has 3 aromatic rings. The molecule has 0 aromatic carbocycles. The number of rotatable bonds is 5. The smallest absolute Gasteiger partial charge is 0.223 e. The number of hydrogen-bond donors (Lipinski definition) is 1. The second-order valence-corrected chi connectivity index (χ2v) is 6.86. The minimum absolute atomic E-state index is 0.0375. The van der Waals surface area contributed by atoms with E-state index in [1.807, 2.05) is 36.4 Å². The zero-order chi connectivity index (χ0) is 19.2. The molecule has 0 spiro atoms. The maximum Gasteiger partial charge on any atom is 0.223 e. The fraction of sp³-hybridized carbons (Fsp3) is 0.286. The molecule has 7 heteroatoms. The van der Waals surface area contributed by atoms with Crippen LogP contribution in [0.5, 0.6) is 0 Å². The first kappa shape index (κ1) is 18.0. The summed E-state index contributed by atoms with van der Waals surface area (Å²) in [5.74, 6) is 0.999. The summed E-state index contributed by atoms with van der Waals surface area (Å²) < 4.78 is 0. The average molecular weight is 374 g/mol. The van der Waals surface area contributed by atoms with Crippen LogP contribution in [0.3, 0.4) is 0 Å². The molecule has 0 atom stereocenters. The van der Waals surface area contributed by atoms with Gasteiger partial charge in [-0.3, -0.25) is 14.8 Å². The molecule has 1 fully saturated rings. The van der Waals surface area contributed by atoms with Crippen molar-refractivity contribution in [3.63, 3.8) is 0 Å². The van der Waals surface area contributed by atoms with Crippen molar-refractivity contribution in [1.29, 1.82) is 0 Å². The average Bonchev–Trinajstić information content (AvgIpc) is 2.79. The number of pyridine rings is 2. The van der Waals surface area contributed by atoms with Crippen molar-refractivity contribution < 1.29 is 4.79 Å². The summed E-state index contributed by atoms with van der Waals surface area (Å²) in [6.07, 6.45) is 8.64. The van der Waals surface area contributed by atoms with E-state index in [0.717, 1.165) is 48.6 Å². The van der Waals surface area contributed by atoms with Gasteiger partial charge < -0.3 is 10.2 Å². The zero-order valence-electron chi connectivity index (χ0n) is 15.5. The number of amides is 1. The SMILES string of the molecule is O=C(NCc1cccnc1)C1CCN(c2ccc(-c3cccnc3)nn2)CC1. The van der Waals surface area contributed by atoms with Crippen molar-refractivity contribution in [2.24, 2.45) is 5.92 Å². The Bertz CT molecular complexity index is 893. The first-order valence-electron chi connectivity index (χ1n) is 9.45. The van der Waals surface area contributed by atoms with Crippen LogP contribution in [0.25, 0.3) is 11.3 Å². The summed E-state index contributed by atoms with van der Waals surface area (Å²) in [5, 5.41) is 11.7. The van der Waals surface area contributed by atoms with Gasteiger partial charge in [0, 0.05) is 55.9 Å². The molecule has 0 aliphatic carbocycles. The van der Waals surface area contributed by atoms with Gasteiger partial charge in [-0.25, -0.2) is 0 Å². The molecule has 3 aromatic heterocycles. The van der Waals surface area contributed by atoms with E-state index in [-0.39, 0.29) is 11.8 Å². The zero-order valence-corrected chi connectivity index (χ0v) is 15.5. The summed E-state index contributed by atoms with van der Waals surface area (Å²) in [5.41, 5.74) is 2.77. The van der Waals surface area contributed by atoms with Crippen molar-refractivity contribution in [2.45, 2.75) is 19.4 Å². The van der Waals surface area contributed by atoms with Gasteiger partial charge >= 0.3 is 0 Å². The molecule has 0 radical (unpaired) electrons. The van der Waals surface area contributed by atoms with Crippen LogP contribution in [0.1, 0.15) is 18.4 Å². The van der Waals surface area contributed by atoms with E-state index in [4.69, 9.17) is 0 Å². The maximum absolute atomic E-state index is 12.4. The molecule has 4 heterocycles. The lowest BCUT2D eigenvalue weighted by atomic mass is 9.96. The van der Waals surface area contributed by atoms with Gasteiger partial charge in [0.25, 0.3) is 0 Å². The lowest BCUT2D eigenvalue weighted by Gasteiger charge is -2.31. The molecule has 0 unspecified atom stereocenters. The molecule has 1 aliphatic rings. The first-order chi connectivity index (χ1) is 13.8. The molecule has 142 valence electrons. The molecular formula is C21H22N6O. The third-order valence-electron chi connectivity index (χ3n) is 4.99. The summed E-state index contributed by atoms with van der Waals surface area (Å²) in [7, 11) is 0. The fourth-order valence-electron chi connectivity index (χ4n) is 3.37.